The van der Waals surface area contributed by atoms with Gasteiger partial charge in [-0.2, -0.15) is 0 Å². The second kappa shape index (κ2) is 7.81. The maximum absolute atomic E-state index is 5.45. The van der Waals surface area contributed by atoms with Crippen LogP contribution in [-0.2, 0) is 4.74 Å². The van der Waals surface area contributed by atoms with Crippen molar-refractivity contribution < 1.29 is 4.74 Å². The van der Waals surface area contributed by atoms with E-state index in [1.807, 2.05) is 13.8 Å². The lowest BCUT2D eigenvalue weighted by atomic mass is 10.3. The molecule has 0 bridgehead atoms. The number of rotatable bonds is 8. The zero-order chi connectivity index (χ0) is 12.5. The lowest BCUT2D eigenvalue weighted by Gasteiger charge is -2.08. The largest absolute Gasteiger partial charge is 0.379 e. The molecule has 0 aliphatic carbocycles. The number of hydrazine groups is 1. The van der Waals surface area contributed by atoms with Gasteiger partial charge in [-0.25, -0.2) is 10.8 Å². The number of hydrogen-bond donors (Lipinski definition) is 3. The Labute approximate surface area is 102 Å². The summed E-state index contributed by atoms with van der Waals surface area (Å²) in [5, 5.41) is 3.18. The summed E-state index contributed by atoms with van der Waals surface area (Å²) in [5.41, 5.74) is 2.46. The number of nitrogens with two attached hydrogens (primary N) is 1. The van der Waals surface area contributed by atoms with Crippen molar-refractivity contribution in [1.29, 1.82) is 0 Å². The summed E-state index contributed by atoms with van der Waals surface area (Å²) >= 11 is 0. The first-order chi connectivity index (χ1) is 8.22. The molecule has 0 aliphatic heterocycles. The van der Waals surface area contributed by atoms with Gasteiger partial charge in [-0.3, -0.25) is 4.98 Å². The van der Waals surface area contributed by atoms with Crippen LogP contribution in [-0.4, -0.2) is 29.2 Å². The smallest absolute Gasteiger partial charge is 0.160 e. The summed E-state index contributed by atoms with van der Waals surface area (Å²) in [6.45, 7) is 5.73. The van der Waals surface area contributed by atoms with E-state index in [0.29, 0.717) is 11.9 Å². The highest BCUT2D eigenvalue weighted by Crippen LogP contribution is 2.05. The van der Waals surface area contributed by atoms with Gasteiger partial charge in [0.05, 0.1) is 18.5 Å². The van der Waals surface area contributed by atoms with Gasteiger partial charge < -0.3 is 15.5 Å². The highest BCUT2D eigenvalue weighted by Gasteiger charge is 1.97. The number of nitrogen functional groups attached to an aromatic ring is 1. The van der Waals surface area contributed by atoms with Crippen LogP contribution in [0.5, 0.6) is 0 Å². The molecule has 1 aromatic heterocycles. The molecule has 1 rings (SSSR count). The van der Waals surface area contributed by atoms with Gasteiger partial charge in [0.15, 0.2) is 5.82 Å². The lowest BCUT2D eigenvalue weighted by molar-refractivity contribution is 0.0765. The molecule has 0 aromatic carbocycles. The van der Waals surface area contributed by atoms with Gasteiger partial charge in [-0.05, 0) is 26.7 Å². The molecule has 0 saturated carbocycles. The number of nitrogens with zero attached hydrogens (tertiary/aromatic N) is 2. The van der Waals surface area contributed by atoms with Crippen LogP contribution >= 0.6 is 0 Å². The molecule has 0 aliphatic rings. The van der Waals surface area contributed by atoms with Crippen molar-refractivity contribution >= 4 is 11.6 Å². The summed E-state index contributed by atoms with van der Waals surface area (Å²) in [7, 11) is 0. The Kier molecular flexibility index (Phi) is 6.27. The molecule has 0 atom stereocenters. The summed E-state index contributed by atoms with van der Waals surface area (Å²) in [6.07, 6.45) is 5.62. The zero-order valence-corrected chi connectivity index (χ0v) is 10.4. The minimum Gasteiger partial charge on any atom is -0.379 e. The third kappa shape index (κ3) is 6.03. The Bertz CT molecular complexity index is 318. The monoisotopic (exact) mass is 239 g/mol. The summed E-state index contributed by atoms with van der Waals surface area (Å²) in [5.74, 6) is 6.53. The van der Waals surface area contributed by atoms with Crippen LogP contribution in [0.2, 0.25) is 0 Å². The van der Waals surface area contributed by atoms with Crippen LogP contribution in [0, 0.1) is 0 Å². The molecule has 0 unspecified atom stereocenters. The number of aromatic nitrogens is 2. The fourth-order valence-electron chi connectivity index (χ4n) is 1.28. The van der Waals surface area contributed by atoms with Crippen LogP contribution < -0.4 is 16.6 Å². The number of unbranched alkanes of at least 4 members (excludes halogenated alkanes) is 1. The number of ether oxygens (including phenoxy) is 1. The maximum Gasteiger partial charge on any atom is 0.160 e. The SMILES string of the molecule is CC(C)OCCCCNc1cncc(NN)n1. The standard InChI is InChI=1S/C11H21N5O/c1-9(2)17-6-4-3-5-14-10-7-13-8-11(15-10)16-12/h7-9H,3-6,12H2,1-2H3,(H2,14,15,16). The van der Waals surface area contributed by atoms with E-state index in [-0.39, 0.29) is 0 Å². The number of nitrogens with one attached hydrogen (secondary N) is 2. The Morgan fingerprint density at radius 1 is 1.29 bits per heavy atom. The van der Waals surface area contributed by atoms with Gasteiger partial charge >= 0.3 is 0 Å². The molecule has 6 heteroatoms. The second-order valence-corrected chi connectivity index (χ2v) is 3.99. The zero-order valence-electron chi connectivity index (χ0n) is 10.4. The van der Waals surface area contributed by atoms with Crippen molar-refractivity contribution in [3.63, 3.8) is 0 Å². The van der Waals surface area contributed by atoms with Crippen molar-refractivity contribution in [3.05, 3.63) is 12.4 Å². The van der Waals surface area contributed by atoms with E-state index in [9.17, 15) is 0 Å². The Morgan fingerprint density at radius 2 is 2.06 bits per heavy atom. The van der Waals surface area contributed by atoms with E-state index in [2.05, 4.69) is 20.7 Å². The van der Waals surface area contributed by atoms with Gasteiger partial charge in [0, 0.05) is 13.2 Å². The van der Waals surface area contributed by atoms with Crippen molar-refractivity contribution in [2.24, 2.45) is 5.84 Å². The molecule has 96 valence electrons. The molecule has 0 saturated heterocycles. The third-order valence-corrected chi connectivity index (χ3v) is 2.11. The van der Waals surface area contributed by atoms with E-state index in [1.165, 1.54) is 0 Å². The highest BCUT2D eigenvalue weighted by molar-refractivity contribution is 5.40. The van der Waals surface area contributed by atoms with Crippen LogP contribution in [0.4, 0.5) is 11.6 Å². The molecule has 1 heterocycles. The van der Waals surface area contributed by atoms with Gasteiger partial charge in [-0.15, -0.1) is 0 Å². The van der Waals surface area contributed by atoms with Gasteiger partial charge in [-0.1, -0.05) is 0 Å². The molecule has 0 spiro atoms. The van der Waals surface area contributed by atoms with Crippen LogP contribution in [0.3, 0.4) is 0 Å². The van der Waals surface area contributed by atoms with E-state index < -0.39 is 0 Å². The van der Waals surface area contributed by atoms with Crippen LogP contribution in [0.25, 0.3) is 0 Å². The summed E-state index contributed by atoms with van der Waals surface area (Å²) in [4.78, 5) is 8.20. The summed E-state index contributed by atoms with van der Waals surface area (Å²) < 4.78 is 5.45. The predicted molar refractivity (Wildman–Crippen MR) is 68.7 cm³/mol. The molecule has 17 heavy (non-hydrogen) atoms. The molecule has 0 fully saturated rings. The minimum absolute atomic E-state index is 0.307. The van der Waals surface area contributed by atoms with Gasteiger partial charge in [0.25, 0.3) is 0 Å². The van der Waals surface area contributed by atoms with Gasteiger partial charge in [0.1, 0.15) is 5.82 Å². The normalized spacial score (nSPS) is 10.6. The van der Waals surface area contributed by atoms with E-state index in [0.717, 1.165) is 31.8 Å². The Hall–Kier alpha value is -1.40. The molecule has 6 nitrogen and oxygen atoms in total. The second-order valence-electron chi connectivity index (χ2n) is 3.99. The fraction of sp³-hybridized carbons (Fsp3) is 0.636. The average Bonchev–Trinajstić information content (AvgIpc) is 2.33. The first kappa shape index (κ1) is 13.7. The molecule has 1 aromatic rings. The number of anilines is 2. The van der Waals surface area contributed by atoms with Crippen molar-refractivity contribution in [3.8, 4) is 0 Å². The quantitative estimate of drug-likeness (QED) is 0.361. The molecular weight excluding hydrogens is 218 g/mol. The first-order valence-corrected chi connectivity index (χ1v) is 5.86. The molecule has 0 radical (unpaired) electrons. The molecule has 4 N–H and O–H groups in total. The minimum atomic E-state index is 0.307. The van der Waals surface area contributed by atoms with E-state index in [4.69, 9.17) is 10.6 Å². The van der Waals surface area contributed by atoms with Crippen molar-refractivity contribution in [2.75, 3.05) is 23.9 Å². The topological polar surface area (TPSA) is 85.1 Å². The van der Waals surface area contributed by atoms with E-state index >= 15 is 0 Å². The van der Waals surface area contributed by atoms with Crippen LogP contribution in [0.15, 0.2) is 12.4 Å². The predicted octanol–water partition coefficient (Wildman–Crippen LogP) is 1.38. The molecular formula is C11H21N5O. The lowest BCUT2D eigenvalue weighted by Crippen LogP contribution is -2.11. The van der Waals surface area contributed by atoms with Crippen LogP contribution in [0.1, 0.15) is 26.7 Å². The van der Waals surface area contributed by atoms with E-state index in [1.54, 1.807) is 12.4 Å². The maximum atomic E-state index is 5.45. The van der Waals surface area contributed by atoms with Gasteiger partial charge in [0.2, 0.25) is 0 Å². The fourth-order valence-corrected chi connectivity index (χ4v) is 1.28. The highest BCUT2D eigenvalue weighted by atomic mass is 16.5. The Balaban J connectivity index is 2.13. The van der Waals surface area contributed by atoms with Crippen molar-refractivity contribution in [1.82, 2.24) is 9.97 Å². The first-order valence-electron chi connectivity index (χ1n) is 5.86. The molecule has 0 amide bonds. The Morgan fingerprint density at radius 3 is 2.76 bits per heavy atom. The number of hydrogen-bond acceptors (Lipinski definition) is 6. The third-order valence-electron chi connectivity index (χ3n) is 2.11. The van der Waals surface area contributed by atoms with Crippen molar-refractivity contribution in [2.45, 2.75) is 32.8 Å². The average molecular weight is 239 g/mol. The summed E-state index contributed by atoms with van der Waals surface area (Å²) in [6, 6.07) is 0.